The van der Waals surface area contributed by atoms with E-state index >= 15 is 0 Å². The molecule has 14 heavy (non-hydrogen) atoms. The average molecular weight is 190 g/mol. The Hall–Kier alpha value is -0.980. The standard InChI is InChI=1S/C13H18O/c1-11-7-9-13(10-8-11)14-12-5-3-2-4-6-12/h5,7,9H,2-4,6,8,10H2,1H3. The molecule has 1 nitrogen and oxygen atoms in total. The number of rotatable bonds is 2. The van der Waals surface area contributed by atoms with Gasteiger partial charge in [-0.1, -0.05) is 11.6 Å². The van der Waals surface area contributed by atoms with Crippen LogP contribution in [0.25, 0.3) is 0 Å². The van der Waals surface area contributed by atoms with E-state index in [1.165, 1.54) is 30.6 Å². The molecule has 2 aliphatic rings. The molecule has 0 N–H and O–H groups in total. The van der Waals surface area contributed by atoms with Crippen LogP contribution in [0.2, 0.25) is 0 Å². The summed E-state index contributed by atoms with van der Waals surface area (Å²) in [6.45, 7) is 2.17. The monoisotopic (exact) mass is 190 g/mol. The maximum atomic E-state index is 5.86. The highest BCUT2D eigenvalue weighted by Gasteiger charge is 2.09. The Morgan fingerprint density at radius 1 is 1.00 bits per heavy atom. The second-order valence-corrected chi connectivity index (χ2v) is 4.16. The summed E-state index contributed by atoms with van der Waals surface area (Å²) in [5.74, 6) is 2.33. The van der Waals surface area contributed by atoms with Crippen LogP contribution in [0.15, 0.2) is 35.3 Å². The molecule has 76 valence electrons. The minimum Gasteiger partial charge on any atom is -0.466 e. The predicted octanol–water partition coefficient (Wildman–Crippen LogP) is 4.08. The Morgan fingerprint density at radius 2 is 1.93 bits per heavy atom. The lowest BCUT2D eigenvalue weighted by Gasteiger charge is -2.18. The third-order valence-corrected chi connectivity index (χ3v) is 2.83. The van der Waals surface area contributed by atoms with Crippen LogP contribution in [-0.4, -0.2) is 0 Å². The zero-order valence-electron chi connectivity index (χ0n) is 8.88. The average Bonchev–Trinajstić information content (AvgIpc) is 2.23. The summed E-state index contributed by atoms with van der Waals surface area (Å²) in [6.07, 6.45) is 13.7. The van der Waals surface area contributed by atoms with Crippen molar-refractivity contribution in [1.29, 1.82) is 0 Å². The van der Waals surface area contributed by atoms with Crippen LogP contribution in [0.1, 0.15) is 45.4 Å². The van der Waals surface area contributed by atoms with Crippen LogP contribution in [0.4, 0.5) is 0 Å². The molecule has 0 saturated carbocycles. The topological polar surface area (TPSA) is 9.23 Å². The van der Waals surface area contributed by atoms with E-state index in [0.29, 0.717) is 0 Å². The van der Waals surface area contributed by atoms with Gasteiger partial charge >= 0.3 is 0 Å². The quantitative estimate of drug-likeness (QED) is 0.637. The summed E-state index contributed by atoms with van der Waals surface area (Å²) >= 11 is 0. The van der Waals surface area contributed by atoms with Crippen LogP contribution in [0, 0.1) is 0 Å². The first-order valence-corrected chi connectivity index (χ1v) is 5.58. The largest absolute Gasteiger partial charge is 0.466 e. The first kappa shape index (κ1) is 9.57. The molecule has 0 unspecified atom stereocenters. The van der Waals surface area contributed by atoms with Crippen LogP contribution in [-0.2, 0) is 4.74 Å². The smallest absolute Gasteiger partial charge is 0.104 e. The molecular formula is C13H18O. The number of hydrogen-bond donors (Lipinski definition) is 0. The molecule has 0 spiro atoms. The van der Waals surface area contributed by atoms with Crippen molar-refractivity contribution in [2.45, 2.75) is 45.4 Å². The fraction of sp³-hybridized carbons (Fsp3) is 0.538. The summed E-state index contributed by atoms with van der Waals surface area (Å²) in [5.41, 5.74) is 1.45. The predicted molar refractivity (Wildman–Crippen MR) is 58.7 cm³/mol. The minimum absolute atomic E-state index is 1.07. The van der Waals surface area contributed by atoms with Gasteiger partial charge in [0.25, 0.3) is 0 Å². The van der Waals surface area contributed by atoms with E-state index in [1.807, 2.05) is 0 Å². The molecule has 2 rings (SSSR count). The van der Waals surface area contributed by atoms with Gasteiger partial charge in [-0.05, 0) is 44.8 Å². The molecule has 0 atom stereocenters. The highest BCUT2D eigenvalue weighted by atomic mass is 16.5. The molecule has 0 aromatic heterocycles. The molecule has 0 aromatic rings. The molecule has 0 bridgehead atoms. The van der Waals surface area contributed by atoms with Crippen molar-refractivity contribution in [2.75, 3.05) is 0 Å². The van der Waals surface area contributed by atoms with E-state index in [0.717, 1.165) is 25.0 Å². The van der Waals surface area contributed by atoms with E-state index in [1.54, 1.807) is 0 Å². The van der Waals surface area contributed by atoms with Crippen molar-refractivity contribution >= 4 is 0 Å². The van der Waals surface area contributed by atoms with Gasteiger partial charge in [-0.25, -0.2) is 0 Å². The first-order chi connectivity index (χ1) is 6.84. The Kier molecular flexibility index (Phi) is 3.07. The molecule has 0 heterocycles. The lowest BCUT2D eigenvalue weighted by atomic mass is 10.0. The highest BCUT2D eigenvalue weighted by molar-refractivity contribution is 5.20. The van der Waals surface area contributed by atoms with Gasteiger partial charge in [0.2, 0.25) is 0 Å². The Morgan fingerprint density at radius 3 is 2.57 bits per heavy atom. The fourth-order valence-corrected chi connectivity index (χ4v) is 1.88. The van der Waals surface area contributed by atoms with Crippen LogP contribution in [0.3, 0.4) is 0 Å². The summed E-state index contributed by atoms with van der Waals surface area (Å²) < 4.78 is 5.86. The third kappa shape index (κ3) is 2.50. The summed E-state index contributed by atoms with van der Waals surface area (Å²) in [5, 5.41) is 0. The molecule has 0 aliphatic heterocycles. The lowest BCUT2D eigenvalue weighted by molar-refractivity contribution is 0.265. The lowest BCUT2D eigenvalue weighted by Crippen LogP contribution is -2.00. The van der Waals surface area contributed by atoms with Crippen molar-refractivity contribution in [3.05, 3.63) is 35.3 Å². The van der Waals surface area contributed by atoms with Gasteiger partial charge in [-0.2, -0.15) is 0 Å². The van der Waals surface area contributed by atoms with Crippen molar-refractivity contribution in [1.82, 2.24) is 0 Å². The van der Waals surface area contributed by atoms with E-state index in [4.69, 9.17) is 4.74 Å². The van der Waals surface area contributed by atoms with Gasteiger partial charge in [0.1, 0.15) is 5.76 Å². The van der Waals surface area contributed by atoms with Gasteiger partial charge < -0.3 is 4.74 Å². The third-order valence-electron chi connectivity index (χ3n) is 2.83. The van der Waals surface area contributed by atoms with Crippen molar-refractivity contribution in [3.8, 4) is 0 Å². The van der Waals surface area contributed by atoms with Gasteiger partial charge in [0.05, 0.1) is 5.76 Å². The van der Waals surface area contributed by atoms with Crippen molar-refractivity contribution in [2.24, 2.45) is 0 Å². The van der Waals surface area contributed by atoms with Crippen LogP contribution >= 0.6 is 0 Å². The van der Waals surface area contributed by atoms with Crippen molar-refractivity contribution in [3.63, 3.8) is 0 Å². The van der Waals surface area contributed by atoms with Crippen LogP contribution in [0.5, 0.6) is 0 Å². The molecule has 0 saturated heterocycles. The summed E-state index contributed by atoms with van der Waals surface area (Å²) in [7, 11) is 0. The Balaban J connectivity index is 1.94. The molecule has 0 amide bonds. The highest BCUT2D eigenvalue weighted by Crippen LogP contribution is 2.25. The second-order valence-electron chi connectivity index (χ2n) is 4.16. The molecule has 2 aliphatic carbocycles. The molecule has 0 aromatic carbocycles. The van der Waals surface area contributed by atoms with Gasteiger partial charge in [0, 0.05) is 12.8 Å². The maximum absolute atomic E-state index is 5.86. The van der Waals surface area contributed by atoms with Crippen molar-refractivity contribution < 1.29 is 4.74 Å². The van der Waals surface area contributed by atoms with Crippen LogP contribution < -0.4 is 0 Å². The Bertz CT molecular complexity index is 294. The maximum Gasteiger partial charge on any atom is 0.104 e. The van der Waals surface area contributed by atoms with E-state index in [9.17, 15) is 0 Å². The first-order valence-electron chi connectivity index (χ1n) is 5.58. The number of hydrogen-bond acceptors (Lipinski definition) is 1. The molecular weight excluding hydrogens is 172 g/mol. The minimum atomic E-state index is 1.07. The van der Waals surface area contributed by atoms with E-state index in [-0.39, 0.29) is 0 Å². The van der Waals surface area contributed by atoms with Gasteiger partial charge in [0.15, 0.2) is 0 Å². The molecule has 0 radical (unpaired) electrons. The number of allylic oxidation sites excluding steroid dienone is 6. The zero-order chi connectivity index (χ0) is 9.80. The Labute approximate surface area is 86.2 Å². The molecule has 1 heteroatoms. The van der Waals surface area contributed by atoms with Gasteiger partial charge in [-0.3, -0.25) is 0 Å². The number of ether oxygens (including phenoxy) is 1. The summed E-state index contributed by atoms with van der Waals surface area (Å²) in [6, 6.07) is 0. The summed E-state index contributed by atoms with van der Waals surface area (Å²) in [4.78, 5) is 0. The zero-order valence-corrected chi connectivity index (χ0v) is 8.88. The SMILES string of the molecule is CC1=CC=C(OC2=CCCCC2)CC1. The normalized spacial score (nSPS) is 22.2. The second kappa shape index (κ2) is 4.50. The fourth-order valence-electron chi connectivity index (χ4n) is 1.88. The van der Waals surface area contributed by atoms with E-state index < -0.39 is 0 Å². The van der Waals surface area contributed by atoms with E-state index in [2.05, 4.69) is 25.2 Å². The van der Waals surface area contributed by atoms with Gasteiger partial charge in [-0.15, -0.1) is 0 Å². The molecule has 0 fully saturated rings.